The lowest BCUT2D eigenvalue weighted by molar-refractivity contribution is -0.162. The van der Waals surface area contributed by atoms with Gasteiger partial charge in [0.15, 0.2) is 0 Å². The number of hydrogen-bond donors (Lipinski definition) is 0. The molecule has 0 aliphatic heterocycles. The Hall–Kier alpha value is -2.17. The molecule has 5 nitrogen and oxygen atoms in total. The summed E-state index contributed by atoms with van der Waals surface area (Å²) < 4.78 is 10.4. The van der Waals surface area contributed by atoms with Gasteiger partial charge in [0.05, 0.1) is 13.0 Å². The van der Waals surface area contributed by atoms with Crippen LogP contribution < -0.4 is 0 Å². The molecule has 0 saturated heterocycles. The fraction of sp³-hybridized carbons (Fsp3) is 0.571. The summed E-state index contributed by atoms with van der Waals surface area (Å²) in [5.41, 5.74) is 1.34. The normalized spacial score (nSPS) is 12.3. The number of esters is 2. The van der Waals surface area contributed by atoms with Crippen molar-refractivity contribution in [3.63, 3.8) is 0 Å². The molecule has 1 aromatic rings. The minimum Gasteiger partial charge on any atom is -0.466 e. The van der Waals surface area contributed by atoms with Crippen LogP contribution in [0.2, 0.25) is 0 Å². The van der Waals surface area contributed by atoms with Gasteiger partial charge in [-0.15, -0.1) is 0 Å². The predicted octanol–water partition coefficient (Wildman–Crippen LogP) is 3.66. The van der Waals surface area contributed by atoms with Crippen molar-refractivity contribution in [3.8, 4) is 0 Å². The zero-order valence-corrected chi connectivity index (χ0v) is 16.5. The molecule has 0 aliphatic rings. The number of ether oxygens (including phenoxy) is 2. The average molecular weight is 362 g/mol. The van der Waals surface area contributed by atoms with Gasteiger partial charge < -0.3 is 9.47 Å². The summed E-state index contributed by atoms with van der Waals surface area (Å²) in [7, 11) is 0. The summed E-state index contributed by atoms with van der Waals surface area (Å²) in [5.74, 6) is -1.65. The molecule has 0 spiro atoms. The molecule has 0 fully saturated rings. The van der Waals surface area contributed by atoms with Crippen molar-refractivity contribution in [2.75, 3.05) is 6.61 Å². The number of hydrogen-bond acceptors (Lipinski definition) is 5. The Morgan fingerprint density at radius 1 is 1.08 bits per heavy atom. The highest BCUT2D eigenvalue weighted by molar-refractivity contribution is 5.97. The number of ketones is 1. The molecule has 144 valence electrons. The standard InChI is InChI=1S/C21H30O5/c1-6-25-19(23)14-17-11-8-7-10-16(17)12-9-13-18(15(2)22)20(24)26-21(3,4)5/h7-8,10-11,18H,6,9,12-14H2,1-5H3. The maximum Gasteiger partial charge on any atom is 0.316 e. The van der Waals surface area contributed by atoms with Crippen LogP contribution in [-0.2, 0) is 36.7 Å². The van der Waals surface area contributed by atoms with E-state index < -0.39 is 17.5 Å². The molecule has 0 radical (unpaired) electrons. The Morgan fingerprint density at radius 3 is 2.23 bits per heavy atom. The zero-order chi connectivity index (χ0) is 19.7. The van der Waals surface area contributed by atoms with Crippen LogP contribution in [0.1, 0.15) is 58.6 Å². The van der Waals surface area contributed by atoms with E-state index in [1.165, 1.54) is 6.92 Å². The number of carbonyl (C=O) groups is 3. The molecular weight excluding hydrogens is 332 g/mol. The lowest BCUT2D eigenvalue weighted by Crippen LogP contribution is -2.32. The Bertz CT molecular complexity index is 628. The van der Waals surface area contributed by atoms with Crippen LogP contribution in [0.25, 0.3) is 0 Å². The van der Waals surface area contributed by atoms with Gasteiger partial charge in [0.25, 0.3) is 0 Å². The Balaban J connectivity index is 2.69. The predicted molar refractivity (Wildman–Crippen MR) is 99.7 cm³/mol. The van der Waals surface area contributed by atoms with Gasteiger partial charge in [-0.1, -0.05) is 24.3 Å². The largest absolute Gasteiger partial charge is 0.466 e. The first-order chi connectivity index (χ1) is 12.1. The van der Waals surface area contributed by atoms with Crippen LogP contribution in [0, 0.1) is 5.92 Å². The van der Waals surface area contributed by atoms with Gasteiger partial charge in [-0.3, -0.25) is 14.4 Å². The lowest BCUT2D eigenvalue weighted by Gasteiger charge is -2.23. The number of benzene rings is 1. The molecule has 0 heterocycles. The third-order valence-electron chi connectivity index (χ3n) is 3.88. The van der Waals surface area contributed by atoms with Crippen molar-refractivity contribution in [1.29, 1.82) is 0 Å². The zero-order valence-electron chi connectivity index (χ0n) is 16.5. The second-order valence-corrected chi connectivity index (χ2v) is 7.34. The average Bonchev–Trinajstić information content (AvgIpc) is 2.51. The van der Waals surface area contributed by atoms with Crippen molar-refractivity contribution in [2.24, 2.45) is 5.92 Å². The summed E-state index contributed by atoms with van der Waals surface area (Å²) in [6.07, 6.45) is 2.00. The third-order valence-corrected chi connectivity index (χ3v) is 3.88. The highest BCUT2D eigenvalue weighted by Gasteiger charge is 2.28. The summed E-state index contributed by atoms with van der Waals surface area (Å²) in [4.78, 5) is 35.8. The molecule has 0 N–H and O–H groups in total. The highest BCUT2D eigenvalue weighted by Crippen LogP contribution is 2.19. The maximum atomic E-state index is 12.2. The fourth-order valence-electron chi connectivity index (χ4n) is 2.70. The van der Waals surface area contributed by atoms with Crippen LogP contribution in [0.5, 0.6) is 0 Å². The van der Waals surface area contributed by atoms with Gasteiger partial charge in [0.1, 0.15) is 17.3 Å². The fourth-order valence-corrected chi connectivity index (χ4v) is 2.70. The van der Waals surface area contributed by atoms with Crippen molar-refractivity contribution in [1.82, 2.24) is 0 Å². The molecule has 1 aromatic carbocycles. The van der Waals surface area contributed by atoms with Gasteiger partial charge in [-0.2, -0.15) is 0 Å². The Kier molecular flexibility index (Phi) is 8.49. The molecule has 5 heteroatoms. The first kappa shape index (κ1) is 21.9. The van der Waals surface area contributed by atoms with Crippen molar-refractivity contribution < 1.29 is 23.9 Å². The number of aryl methyl sites for hydroxylation is 1. The number of rotatable bonds is 9. The van der Waals surface area contributed by atoms with Crippen LogP contribution in [0.3, 0.4) is 0 Å². The molecule has 26 heavy (non-hydrogen) atoms. The third kappa shape index (κ3) is 7.81. The van der Waals surface area contributed by atoms with Crippen molar-refractivity contribution in [3.05, 3.63) is 35.4 Å². The number of Topliss-reactive ketones (excluding diaryl/α,β-unsaturated/α-hetero) is 1. The second-order valence-electron chi connectivity index (χ2n) is 7.34. The van der Waals surface area contributed by atoms with E-state index in [0.29, 0.717) is 25.9 Å². The SMILES string of the molecule is CCOC(=O)Cc1ccccc1CCCC(C(C)=O)C(=O)OC(C)(C)C. The van der Waals surface area contributed by atoms with Gasteiger partial charge in [0, 0.05) is 0 Å². The van der Waals surface area contributed by atoms with Gasteiger partial charge >= 0.3 is 11.9 Å². The molecule has 0 bridgehead atoms. The smallest absolute Gasteiger partial charge is 0.316 e. The van der Waals surface area contributed by atoms with Crippen LogP contribution in [0.15, 0.2) is 24.3 Å². The lowest BCUT2D eigenvalue weighted by atomic mass is 9.94. The maximum absolute atomic E-state index is 12.2. The first-order valence-corrected chi connectivity index (χ1v) is 9.09. The summed E-state index contributed by atoms with van der Waals surface area (Å²) in [6, 6.07) is 7.67. The van der Waals surface area contributed by atoms with E-state index in [0.717, 1.165) is 11.1 Å². The molecule has 0 amide bonds. The second kappa shape index (κ2) is 10.1. The quantitative estimate of drug-likeness (QED) is 0.495. The van der Waals surface area contributed by atoms with E-state index in [-0.39, 0.29) is 18.2 Å². The van der Waals surface area contributed by atoms with Crippen molar-refractivity contribution in [2.45, 2.75) is 65.9 Å². The topological polar surface area (TPSA) is 69.7 Å². The Labute approximate surface area is 156 Å². The first-order valence-electron chi connectivity index (χ1n) is 9.09. The highest BCUT2D eigenvalue weighted by atomic mass is 16.6. The summed E-state index contributed by atoms with van der Waals surface area (Å²) >= 11 is 0. The molecular formula is C21H30O5. The van der Waals surface area contributed by atoms with E-state index in [1.807, 2.05) is 24.3 Å². The molecule has 0 aliphatic carbocycles. The Morgan fingerprint density at radius 2 is 1.69 bits per heavy atom. The van der Waals surface area contributed by atoms with Gasteiger partial charge in [-0.25, -0.2) is 0 Å². The molecule has 1 rings (SSSR count). The molecule has 0 aromatic heterocycles. The minimum atomic E-state index is -0.744. The minimum absolute atomic E-state index is 0.181. The van der Waals surface area contributed by atoms with E-state index in [1.54, 1.807) is 27.7 Å². The van der Waals surface area contributed by atoms with Crippen LogP contribution in [0.4, 0.5) is 0 Å². The summed E-state index contributed by atoms with van der Waals surface area (Å²) in [6.45, 7) is 8.91. The molecule has 0 saturated carbocycles. The van der Waals surface area contributed by atoms with E-state index in [4.69, 9.17) is 9.47 Å². The van der Waals surface area contributed by atoms with Gasteiger partial charge in [-0.05, 0) is 65.0 Å². The van der Waals surface area contributed by atoms with Crippen molar-refractivity contribution >= 4 is 17.7 Å². The number of carbonyl (C=O) groups excluding carboxylic acids is 3. The van der Waals surface area contributed by atoms with E-state index >= 15 is 0 Å². The van der Waals surface area contributed by atoms with Gasteiger partial charge in [0.2, 0.25) is 0 Å². The van der Waals surface area contributed by atoms with Crippen LogP contribution in [-0.4, -0.2) is 29.9 Å². The summed E-state index contributed by atoms with van der Waals surface area (Å²) in [5, 5.41) is 0. The molecule has 1 atom stereocenters. The monoisotopic (exact) mass is 362 g/mol. The van der Waals surface area contributed by atoms with E-state index in [2.05, 4.69) is 0 Å². The van der Waals surface area contributed by atoms with Crippen LogP contribution >= 0.6 is 0 Å². The van der Waals surface area contributed by atoms with E-state index in [9.17, 15) is 14.4 Å². The molecule has 1 unspecified atom stereocenters.